The third-order valence-corrected chi connectivity index (χ3v) is 3.97. The van der Waals surface area contributed by atoms with Crippen LogP contribution in [0.5, 0.6) is 0 Å². The smallest absolute Gasteiger partial charge is 0.307 e. The molecule has 2 aromatic heterocycles. The van der Waals surface area contributed by atoms with Crippen molar-refractivity contribution in [2.75, 3.05) is 5.32 Å². The first kappa shape index (κ1) is 18.1. The van der Waals surface area contributed by atoms with E-state index >= 15 is 0 Å². The third-order valence-electron chi connectivity index (χ3n) is 3.50. The highest BCUT2D eigenvalue weighted by Crippen LogP contribution is 2.35. The molecular weight excluding hydrogens is 411 g/mol. The van der Waals surface area contributed by atoms with Crippen molar-refractivity contribution in [1.29, 1.82) is 0 Å². The van der Waals surface area contributed by atoms with Crippen molar-refractivity contribution >= 4 is 27.7 Å². The molecule has 0 unspecified atom stereocenters. The first-order chi connectivity index (χ1) is 12.3. The number of rotatable bonds is 3. The summed E-state index contributed by atoms with van der Waals surface area (Å²) < 4.78 is 40.1. The van der Waals surface area contributed by atoms with Gasteiger partial charge in [0, 0.05) is 28.0 Å². The van der Waals surface area contributed by atoms with Crippen molar-refractivity contribution in [1.82, 2.24) is 9.97 Å². The number of hydrogen-bond donors (Lipinski definition) is 1. The molecule has 8 heteroatoms. The van der Waals surface area contributed by atoms with Gasteiger partial charge in [0.05, 0.1) is 11.3 Å². The van der Waals surface area contributed by atoms with Crippen LogP contribution >= 0.6 is 15.9 Å². The minimum Gasteiger partial charge on any atom is -0.307 e. The molecule has 3 rings (SSSR count). The fourth-order valence-electron chi connectivity index (χ4n) is 2.28. The minimum absolute atomic E-state index is 0.179. The van der Waals surface area contributed by atoms with Crippen molar-refractivity contribution in [3.05, 3.63) is 76.5 Å². The summed E-state index contributed by atoms with van der Waals surface area (Å²) >= 11 is 3.25. The van der Waals surface area contributed by atoms with Gasteiger partial charge in [0.25, 0.3) is 5.91 Å². The molecule has 0 aliphatic heterocycles. The van der Waals surface area contributed by atoms with E-state index in [1.165, 1.54) is 36.5 Å². The Labute approximate surface area is 155 Å². The number of alkyl halides is 3. The highest BCUT2D eigenvalue weighted by Gasteiger charge is 2.34. The van der Waals surface area contributed by atoms with E-state index in [0.717, 1.165) is 10.5 Å². The zero-order valence-electron chi connectivity index (χ0n) is 13.1. The quantitative estimate of drug-likeness (QED) is 0.633. The van der Waals surface area contributed by atoms with Gasteiger partial charge in [0.2, 0.25) is 0 Å². The van der Waals surface area contributed by atoms with Gasteiger partial charge in [0.15, 0.2) is 0 Å². The normalized spacial score (nSPS) is 11.2. The zero-order chi connectivity index (χ0) is 18.7. The van der Waals surface area contributed by atoms with Gasteiger partial charge in [-0.3, -0.25) is 9.78 Å². The first-order valence-electron chi connectivity index (χ1n) is 7.40. The van der Waals surface area contributed by atoms with E-state index < -0.39 is 17.6 Å². The molecule has 0 spiro atoms. The maximum Gasteiger partial charge on any atom is 0.418 e. The second-order valence-electron chi connectivity index (χ2n) is 5.29. The van der Waals surface area contributed by atoms with Crippen molar-refractivity contribution in [3.8, 4) is 11.3 Å². The number of aromatic nitrogens is 2. The van der Waals surface area contributed by atoms with Gasteiger partial charge in [-0.1, -0.05) is 12.1 Å². The highest BCUT2D eigenvalue weighted by molar-refractivity contribution is 9.10. The van der Waals surface area contributed by atoms with E-state index in [0.29, 0.717) is 11.4 Å². The van der Waals surface area contributed by atoms with Crippen LogP contribution in [0.4, 0.5) is 19.0 Å². The second-order valence-corrected chi connectivity index (χ2v) is 6.21. The van der Waals surface area contributed by atoms with Crippen molar-refractivity contribution in [2.45, 2.75) is 6.18 Å². The lowest BCUT2D eigenvalue weighted by Gasteiger charge is -2.12. The van der Waals surface area contributed by atoms with E-state index in [9.17, 15) is 18.0 Å². The Morgan fingerprint density at radius 1 is 1.00 bits per heavy atom. The minimum atomic E-state index is -4.51. The van der Waals surface area contributed by atoms with E-state index in [1.807, 2.05) is 0 Å². The maximum absolute atomic E-state index is 13.1. The summed E-state index contributed by atoms with van der Waals surface area (Å²) in [5.74, 6) is -0.0465. The Bertz CT molecular complexity index is 926. The first-order valence-corrected chi connectivity index (χ1v) is 8.19. The Morgan fingerprint density at radius 3 is 2.35 bits per heavy atom. The zero-order valence-corrected chi connectivity index (χ0v) is 14.7. The van der Waals surface area contributed by atoms with Crippen LogP contribution in [0.2, 0.25) is 0 Å². The van der Waals surface area contributed by atoms with Crippen LogP contribution in [0.25, 0.3) is 11.3 Å². The van der Waals surface area contributed by atoms with Crippen LogP contribution in [0.15, 0.2) is 65.4 Å². The molecule has 1 N–H and O–H groups in total. The van der Waals surface area contributed by atoms with Crippen molar-refractivity contribution in [2.24, 2.45) is 0 Å². The summed E-state index contributed by atoms with van der Waals surface area (Å²) in [6.07, 6.45) is -1.67. The number of halogens is 4. The van der Waals surface area contributed by atoms with Crippen LogP contribution in [0.3, 0.4) is 0 Å². The summed E-state index contributed by atoms with van der Waals surface area (Å²) in [5.41, 5.74) is -0.433. The highest BCUT2D eigenvalue weighted by atomic mass is 79.9. The van der Waals surface area contributed by atoms with Gasteiger partial charge < -0.3 is 5.32 Å². The lowest BCUT2D eigenvalue weighted by atomic mass is 10.0. The molecule has 0 radical (unpaired) electrons. The monoisotopic (exact) mass is 421 g/mol. The number of nitrogens with zero attached hydrogens (tertiary/aromatic N) is 2. The molecule has 4 nitrogen and oxygen atoms in total. The van der Waals surface area contributed by atoms with Crippen LogP contribution in [0, 0.1) is 0 Å². The van der Waals surface area contributed by atoms with Gasteiger partial charge in [-0.15, -0.1) is 0 Å². The van der Waals surface area contributed by atoms with E-state index in [4.69, 9.17) is 0 Å². The van der Waals surface area contributed by atoms with Crippen LogP contribution in [-0.2, 0) is 6.18 Å². The maximum atomic E-state index is 13.1. The summed E-state index contributed by atoms with van der Waals surface area (Å²) in [7, 11) is 0. The molecule has 132 valence electrons. The van der Waals surface area contributed by atoms with Gasteiger partial charge in [0.1, 0.15) is 5.82 Å². The fraction of sp³-hybridized carbons (Fsp3) is 0.0556. The van der Waals surface area contributed by atoms with E-state index in [2.05, 4.69) is 31.2 Å². The molecule has 26 heavy (non-hydrogen) atoms. The van der Waals surface area contributed by atoms with E-state index in [-0.39, 0.29) is 11.3 Å². The number of benzene rings is 1. The van der Waals surface area contributed by atoms with Gasteiger partial charge in [-0.25, -0.2) is 4.98 Å². The Hall–Kier alpha value is -2.74. The van der Waals surface area contributed by atoms with Crippen LogP contribution in [-0.4, -0.2) is 15.9 Å². The average Bonchev–Trinajstić information content (AvgIpc) is 2.63. The summed E-state index contributed by atoms with van der Waals surface area (Å²) in [5, 5.41) is 2.61. The molecule has 3 aromatic rings. The number of carbonyl (C=O) groups excluding carboxylic acids is 1. The van der Waals surface area contributed by atoms with Gasteiger partial charge in [-0.05, 0) is 52.3 Å². The number of hydrogen-bond acceptors (Lipinski definition) is 3. The molecule has 0 saturated carbocycles. The number of anilines is 1. The van der Waals surface area contributed by atoms with Gasteiger partial charge in [-0.2, -0.15) is 13.2 Å². The van der Waals surface area contributed by atoms with Crippen LogP contribution < -0.4 is 5.32 Å². The summed E-state index contributed by atoms with van der Waals surface area (Å²) in [6, 6.07) is 11.3. The third kappa shape index (κ3) is 4.08. The van der Waals surface area contributed by atoms with Crippen LogP contribution in [0.1, 0.15) is 15.9 Å². The predicted molar refractivity (Wildman–Crippen MR) is 94.6 cm³/mol. The molecule has 0 atom stereocenters. The standard InChI is InChI=1S/C18H11BrF3N3O/c19-13-7-8-15(24-10-13)25-17(26)12-5-3-11(4-6-12)16-14(18(20,21)22)2-1-9-23-16/h1-10H,(H,24,25,26). The SMILES string of the molecule is O=C(Nc1ccc(Br)cn1)c1ccc(-c2ncccc2C(F)(F)F)cc1. The summed E-state index contributed by atoms with van der Waals surface area (Å²) in [4.78, 5) is 20.1. The molecule has 0 bridgehead atoms. The Kier molecular flexibility index (Phi) is 5.03. The van der Waals surface area contributed by atoms with Crippen molar-refractivity contribution < 1.29 is 18.0 Å². The Morgan fingerprint density at radius 2 is 1.73 bits per heavy atom. The lowest BCUT2D eigenvalue weighted by Crippen LogP contribution is -2.13. The molecule has 1 amide bonds. The molecule has 0 aliphatic rings. The molecular formula is C18H11BrF3N3O. The van der Waals surface area contributed by atoms with Gasteiger partial charge >= 0.3 is 6.18 Å². The largest absolute Gasteiger partial charge is 0.418 e. The molecule has 0 saturated heterocycles. The molecule has 1 aromatic carbocycles. The fourth-order valence-corrected chi connectivity index (χ4v) is 2.52. The lowest BCUT2D eigenvalue weighted by molar-refractivity contribution is -0.137. The topological polar surface area (TPSA) is 54.9 Å². The number of amides is 1. The number of pyridine rings is 2. The second kappa shape index (κ2) is 7.25. The molecule has 0 aliphatic carbocycles. The van der Waals surface area contributed by atoms with Crippen molar-refractivity contribution in [3.63, 3.8) is 0 Å². The Balaban J connectivity index is 1.83. The predicted octanol–water partition coefficient (Wildman–Crippen LogP) is 5.18. The molecule has 2 heterocycles. The summed E-state index contributed by atoms with van der Waals surface area (Å²) in [6.45, 7) is 0. The molecule has 0 fully saturated rings. The number of nitrogens with one attached hydrogen (secondary N) is 1. The van der Waals surface area contributed by atoms with E-state index in [1.54, 1.807) is 18.3 Å². The average molecular weight is 422 g/mol. The number of carbonyl (C=O) groups is 1.